The van der Waals surface area contributed by atoms with Crippen molar-refractivity contribution in [1.82, 2.24) is 29.6 Å². The minimum absolute atomic E-state index is 0.108. The van der Waals surface area contributed by atoms with E-state index in [4.69, 9.17) is 9.97 Å². The fourth-order valence-electron chi connectivity index (χ4n) is 4.48. The molecule has 4 heterocycles. The Bertz CT molecular complexity index is 1270. The molecule has 1 saturated heterocycles. The zero-order valence-corrected chi connectivity index (χ0v) is 17.5. The van der Waals surface area contributed by atoms with Crippen LogP contribution in [-0.2, 0) is 6.54 Å². The summed E-state index contributed by atoms with van der Waals surface area (Å²) in [4.78, 5) is 27.7. The molecule has 1 fully saturated rings. The first-order chi connectivity index (χ1) is 14.5. The summed E-state index contributed by atoms with van der Waals surface area (Å²) >= 11 is 0. The van der Waals surface area contributed by atoms with Gasteiger partial charge in [-0.3, -0.25) is 14.7 Å². The monoisotopic (exact) mass is 402 g/mol. The van der Waals surface area contributed by atoms with E-state index < -0.39 is 0 Å². The highest BCUT2D eigenvalue weighted by Crippen LogP contribution is 2.31. The van der Waals surface area contributed by atoms with Gasteiger partial charge in [-0.05, 0) is 31.9 Å². The molecule has 1 N–H and O–H groups in total. The van der Waals surface area contributed by atoms with Gasteiger partial charge < -0.3 is 4.98 Å². The van der Waals surface area contributed by atoms with Gasteiger partial charge in [-0.2, -0.15) is 5.10 Å². The molecule has 0 spiro atoms. The number of pyridine rings is 1. The molecule has 7 heteroatoms. The first-order valence-corrected chi connectivity index (χ1v) is 10.5. The Morgan fingerprint density at radius 2 is 1.97 bits per heavy atom. The maximum absolute atomic E-state index is 12.6. The number of hydrogen-bond acceptors (Lipinski definition) is 5. The average Bonchev–Trinajstić information content (AvgIpc) is 3.31. The molecule has 2 unspecified atom stereocenters. The Morgan fingerprint density at radius 3 is 2.80 bits per heavy atom. The molecule has 1 aliphatic heterocycles. The van der Waals surface area contributed by atoms with Crippen LogP contribution in [0.25, 0.3) is 21.9 Å². The normalized spacial score (nSPS) is 20.0. The van der Waals surface area contributed by atoms with Crippen LogP contribution in [0, 0.1) is 5.92 Å². The Kier molecular flexibility index (Phi) is 4.62. The molecule has 1 aliphatic rings. The molecule has 0 bridgehead atoms. The van der Waals surface area contributed by atoms with Crippen LogP contribution in [0.1, 0.15) is 44.2 Å². The minimum Gasteiger partial charge on any atom is -0.310 e. The fourth-order valence-corrected chi connectivity index (χ4v) is 4.48. The lowest BCUT2D eigenvalue weighted by molar-refractivity contribution is 0.315. The van der Waals surface area contributed by atoms with E-state index in [1.54, 1.807) is 6.20 Å². The molecule has 30 heavy (non-hydrogen) atoms. The summed E-state index contributed by atoms with van der Waals surface area (Å²) < 4.78 is 1.82. The second kappa shape index (κ2) is 7.32. The van der Waals surface area contributed by atoms with Gasteiger partial charge in [0.1, 0.15) is 11.2 Å². The van der Waals surface area contributed by atoms with Crippen molar-refractivity contribution in [2.45, 2.75) is 39.3 Å². The molecular weight excluding hydrogens is 376 g/mol. The van der Waals surface area contributed by atoms with Gasteiger partial charge in [0.25, 0.3) is 5.56 Å². The number of nitrogens with zero attached hydrogens (tertiary/aromatic N) is 5. The number of rotatable bonds is 4. The summed E-state index contributed by atoms with van der Waals surface area (Å²) in [6, 6.07) is 12.6. The van der Waals surface area contributed by atoms with Crippen LogP contribution in [0.2, 0.25) is 0 Å². The Morgan fingerprint density at radius 1 is 1.13 bits per heavy atom. The quantitative estimate of drug-likeness (QED) is 0.565. The van der Waals surface area contributed by atoms with Gasteiger partial charge in [-0.25, -0.2) is 9.67 Å². The van der Waals surface area contributed by atoms with E-state index in [-0.39, 0.29) is 17.5 Å². The van der Waals surface area contributed by atoms with Gasteiger partial charge in [0, 0.05) is 37.0 Å². The van der Waals surface area contributed by atoms with Crippen LogP contribution in [0.5, 0.6) is 0 Å². The van der Waals surface area contributed by atoms with Crippen molar-refractivity contribution < 1.29 is 0 Å². The summed E-state index contributed by atoms with van der Waals surface area (Å²) in [5.41, 5.74) is 2.66. The molecule has 0 aliphatic carbocycles. The van der Waals surface area contributed by atoms with E-state index in [2.05, 4.69) is 46.2 Å². The zero-order chi connectivity index (χ0) is 20.8. The molecule has 7 nitrogen and oxygen atoms in total. The highest BCUT2D eigenvalue weighted by atomic mass is 16.1. The zero-order valence-electron chi connectivity index (χ0n) is 17.5. The van der Waals surface area contributed by atoms with Gasteiger partial charge in [0.2, 0.25) is 0 Å². The van der Waals surface area contributed by atoms with Crippen LogP contribution in [0.3, 0.4) is 0 Å². The summed E-state index contributed by atoms with van der Waals surface area (Å²) in [6.07, 6.45) is 1.61. The highest BCUT2D eigenvalue weighted by molar-refractivity contribution is 5.78. The SMILES string of the molecule is CC1CN(Cc2ccc3ccccc3n2)CC1c1nc2c(cnn2C(C)C)c(=O)[nH]1. The third-order valence-electron chi connectivity index (χ3n) is 6.05. The van der Waals surface area contributed by atoms with Crippen molar-refractivity contribution in [2.75, 3.05) is 13.1 Å². The Hall–Kier alpha value is -3.06. The van der Waals surface area contributed by atoms with Crippen LogP contribution in [0.4, 0.5) is 0 Å². The number of hydrogen-bond donors (Lipinski definition) is 1. The number of aromatic amines is 1. The second-order valence-electron chi connectivity index (χ2n) is 8.64. The molecule has 1 aromatic carbocycles. The number of para-hydroxylation sites is 1. The van der Waals surface area contributed by atoms with Gasteiger partial charge in [-0.15, -0.1) is 0 Å². The van der Waals surface area contributed by atoms with Gasteiger partial charge in [0.15, 0.2) is 5.65 Å². The average molecular weight is 403 g/mol. The number of aromatic nitrogens is 5. The summed E-state index contributed by atoms with van der Waals surface area (Å²) in [7, 11) is 0. The van der Waals surface area contributed by atoms with Crippen LogP contribution in [-0.4, -0.2) is 42.7 Å². The lowest BCUT2D eigenvalue weighted by atomic mass is 9.97. The predicted molar refractivity (Wildman–Crippen MR) is 117 cm³/mol. The van der Waals surface area contributed by atoms with Crippen LogP contribution in [0.15, 0.2) is 47.4 Å². The first-order valence-electron chi connectivity index (χ1n) is 10.5. The number of nitrogens with one attached hydrogen (secondary N) is 1. The van der Waals surface area contributed by atoms with Crippen molar-refractivity contribution in [3.05, 3.63) is 64.5 Å². The summed E-state index contributed by atoms with van der Waals surface area (Å²) in [5, 5.41) is 6.06. The largest absolute Gasteiger partial charge is 0.310 e. The lowest BCUT2D eigenvalue weighted by Gasteiger charge is -2.16. The first kappa shape index (κ1) is 18.9. The Balaban J connectivity index is 1.41. The van der Waals surface area contributed by atoms with Crippen molar-refractivity contribution in [3.63, 3.8) is 0 Å². The minimum atomic E-state index is -0.108. The van der Waals surface area contributed by atoms with Crippen LogP contribution >= 0.6 is 0 Å². The van der Waals surface area contributed by atoms with E-state index >= 15 is 0 Å². The van der Waals surface area contributed by atoms with Crippen molar-refractivity contribution in [2.24, 2.45) is 5.92 Å². The number of fused-ring (bicyclic) bond motifs is 2. The number of likely N-dealkylation sites (tertiary alicyclic amines) is 1. The van der Waals surface area contributed by atoms with E-state index in [1.165, 1.54) is 0 Å². The van der Waals surface area contributed by atoms with Gasteiger partial charge in [0.05, 0.1) is 17.4 Å². The number of benzene rings is 1. The van der Waals surface area contributed by atoms with Crippen molar-refractivity contribution in [3.8, 4) is 0 Å². The standard InChI is InChI=1S/C23H26N6O/c1-14(2)29-22-18(10-24-29)23(30)27-21(26-22)19-13-28(11-15(19)3)12-17-9-8-16-6-4-5-7-20(16)25-17/h4-10,14-15,19H,11-13H2,1-3H3,(H,26,27,30). The van der Waals surface area contributed by atoms with E-state index in [0.29, 0.717) is 17.0 Å². The third-order valence-corrected chi connectivity index (χ3v) is 6.05. The van der Waals surface area contributed by atoms with Gasteiger partial charge in [-0.1, -0.05) is 31.2 Å². The van der Waals surface area contributed by atoms with Crippen LogP contribution < -0.4 is 5.56 Å². The lowest BCUT2D eigenvalue weighted by Crippen LogP contribution is -2.22. The van der Waals surface area contributed by atoms with Crippen molar-refractivity contribution in [1.29, 1.82) is 0 Å². The molecule has 2 atom stereocenters. The highest BCUT2D eigenvalue weighted by Gasteiger charge is 2.33. The van der Waals surface area contributed by atoms with E-state index in [1.807, 2.05) is 30.7 Å². The third kappa shape index (κ3) is 3.29. The molecular formula is C23H26N6O. The summed E-state index contributed by atoms with van der Waals surface area (Å²) in [6.45, 7) is 8.91. The molecule has 154 valence electrons. The smallest absolute Gasteiger partial charge is 0.262 e. The topological polar surface area (TPSA) is 79.7 Å². The van der Waals surface area contributed by atoms with E-state index in [9.17, 15) is 4.79 Å². The predicted octanol–water partition coefficient (Wildman–Crippen LogP) is 3.48. The maximum Gasteiger partial charge on any atom is 0.262 e. The van der Waals surface area contributed by atoms with Crippen molar-refractivity contribution >= 4 is 21.9 Å². The molecule has 0 saturated carbocycles. The second-order valence-corrected chi connectivity index (χ2v) is 8.64. The molecule has 4 aromatic rings. The maximum atomic E-state index is 12.6. The van der Waals surface area contributed by atoms with Gasteiger partial charge >= 0.3 is 0 Å². The van der Waals surface area contributed by atoms with E-state index in [0.717, 1.165) is 42.1 Å². The molecule has 0 radical (unpaired) electrons. The molecule has 0 amide bonds. The number of H-pyrrole nitrogens is 1. The fraction of sp³-hybridized carbons (Fsp3) is 0.391. The molecule has 5 rings (SSSR count). The summed E-state index contributed by atoms with van der Waals surface area (Å²) in [5.74, 6) is 1.33. The molecule has 3 aromatic heterocycles. The Labute approximate surface area is 174 Å².